The molecule has 20 heavy (non-hydrogen) atoms. The summed E-state index contributed by atoms with van der Waals surface area (Å²) in [6, 6.07) is 21.4. The van der Waals surface area contributed by atoms with Crippen LogP contribution in [0.3, 0.4) is 0 Å². The first-order valence-electron chi connectivity index (χ1n) is 7.13. The Kier molecular flexibility index (Phi) is 7.38. The van der Waals surface area contributed by atoms with Crippen molar-refractivity contribution in [3.8, 4) is 0 Å². The van der Waals surface area contributed by atoms with Crippen molar-refractivity contribution in [3.63, 3.8) is 0 Å². The van der Waals surface area contributed by atoms with Gasteiger partial charge in [0.2, 0.25) is 0 Å². The van der Waals surface area contributed by atoms with Crippen molar-refractivity contribution in [2.45, 2.75) is 26.2 Å². The molecule has 0 saturated carbocycles. The van der Waals surface area contributed by atoms with Crippen LogP contribution < -0.4 is 5.73 Å². The molecule has 0 spiro atoms. The van der Waals surface area contributed by atoms with Gasteiger partial charge in [-0.05, 0) is 24.5 Å². The van der Waals surface area contributed by atoms with E-state index in [-0.39, 0.29) is 0 Å². The molecule has 2 aromatic rings. The third-order valence-electron chi connectivity index (χ3n) is 3.16. The molecule has 0 aromatic heterocycles. The van der Waals surface area contributed by atoms with Gasteiger partial charge in [0.1, 0.15) is 0 Å². The zero-order valence-corrected chi connectivity index (χ0v) is 12.5. The van der Waals surface area contributed by atoms with Gasteiger partial charge in [-0.1, -0.05) is 79.7 Å². The zero-order chi connectivity index (χ0) is 14.8. The Hall–Kier alpha value is -1.86. The summed E-state index contributed by atoms with van der Waals surface area (Å²) in [6.45, 7) is 8.30. The van der Waals surface area contributed by atoms with E-state index in [1.54, 1.807) is 0 Å². The molecular formula is C19H25N. The smallest absolute Gasteiger partial charge is 0.0131 e. The quantitative estimate of drug-likeness (QED) is 0.795. The summed E-state index contributed by atoms with van der Waals surface area (Å²) >= 11 is 0. The van der Waals surface area contributed by atoms with Crippen molar-refractivity contribution in [1.82, 2.24) is 0 Å². The standard InChI is InChI=1S/C15H16.C4H9N/c1-2-15(13-9-5-3-6-10-13)14-11-7-4-8-12-14;1-4(2)3-5/h3-12,15H,2H2,1H3;1,3,5H2,2H3. The molecule has 2 aromatic carbocycles. The lowest BCUT2D eigenvalue weighted by molar-refractivity contribution is 0.777. The summed E-state index contributed by atoms with van der Waals surface area (Å²) < 4.78 is 0. The normalized spacial score (nSPS) is 9.80. The summed E-state index contributed by atoms with van der Waals surface area (Å²) in [7, 11) is 0. The van der Waals surface area contributed by atoms with Crippen LogP contribution in [0.25, 0.3) is 0 Å². The summed E-state index contributed by atoms with van der Waals surface area (Å²) in [5.74, 6) is 0.535. The molecule has 1 heteroatoms. The topological polar surface area (TPSA) is 26.0 Å². The molecule has 0 amide bonds. The maximum Gasteiger partial charge on any atom is 0.0131 e. The Morgan fingerprint density at radius 3 is 1.55 bits per heavy atom. The molecule has 0 fully saturated rings. The van der Waals surface area contributed by atoms with Crippen molar-refractivity contribution < 1.29 is 0 Å². The van der Waals surface area contributed by atoms with Gasteiger partial charge in [0.05, 0.1) is 0 Å². The molecular weight excluding hydrogens is 242 g/mol. The van der Waals surface area contributed by atoms with Crippen LogP contribution in [0.5, 0.6) is 0 Å². The van der Waals surface area contributed by atoms with Crippen molar-refractivity contribution in [3.05, 3.63) is 83.9 Å². The molecule has 0 saturated heterocycles. The molecule has 0 heterocycles. The van der Waals surface area contributed by atoms with Crippen molar-refractivity contribution in [2.24, 2.45) is 5.73 Å². The minimum absolute atomic E-state index is 0.535. The van der Waals surface area contributed by atoms with Crippen LogP contribution in [0.1, 0.15) is 37.3 Å². The van der Waals surface area contributed by atoms with E-state index in [1.807, 2.05) is 6.92 Å². The Morgan fingerprint density at radius 1 is 0.950 bits per heavy atom. The number of benzene rings is 2. The fraction of sp³-hybridized carbons (Fsp3) is 0.263. The highest BCUT2D eigenvalue weighted by atomic mass is 14.5. The van der Waals surface area contributed by atoms with Gasteiger partial charge in [0.15, 0.2) is 0 Å². The molecule has 106 valence electrons. The summed E-state index contributed by atoms with van der Waals surface area (Å²) in [5.41, 5.74) is 8.92. The molecule has 0 aliphatic rings. The highest BCUT2D eigenvalue weighted by molar-refractivity contribution is 5.31. The van der Waals surface area contributed by atoms with E-state index in [2.05, 4.69) is 74.2 Å². The van der Waals surface area contributed by atoms with Crippen LogP contribution in [0.15, 0.2) is 72.8 Å². The van der Waals surface area contributed by atoms with Gasteiger partial charge in [0.25, 0.3) is 0 Å². The zero-order valence-electron chi connectivity index (χ0n) is 12.5. The summed E-state index contributed by atoms with van der Waals surface area (Å²) in [5, 5.41) is 0. The van der Waals surface area contributed by atoms with Crippen LogP contribution in [-0.2, 0) is 0 Å². The maximum absolute atomic E-state index is 5.07. The first kappa shape index (κ1) is 16.2. The molecule has 0 aliphatic heterocycles. The fourth-order valence-electron chi connectivity index (χ4n) is 2.03. The van der Waals surface area contributed by atoms with Crippen molar-refractivity contribution in [2.75, 3.05) is 6.54 Å². The average Bonchev–Trinajstić information content (AvgIpc) is 2.51. The Bertz CT molecular complexity index is 448. The van der Waals surface area contributed by atoms with E-state index in [4.69, 9.17) is 5.73 Å². The third kappa shape index (κ3) is 5.41. The minimum atomic E-state index is 0.535. The highest BCUT2D eigenvalue weighted by Gasteiger charge is 2.10. The predicted molar refractivity (Wildman–Crippen MR) is 88.9 cm³/mol. The van der Waals surface area contributed by atoms with Crippen LogP contribution in [-0.4, -0.2) is 6.54 Å². The van der Waals surface area contributed by atoms with Crippen LogP contribution in [0.2, 0.25) is 0 Å². The molecule has 2 N–H and O–H groups in total. The Morgan fingerprint density at radius 2 is 1.30 bits per heavy atom. The summed E-state index contributed by atoms with van der Waals surface area (Å²) in [4.78, 5) is 0. The van der Waals surface area contributed by atoms with Gasteiger partial charge in [0, 0.05) is 12.5 Å². The predicted octanol–water partition coefficient (Wildman–Crippen LogP) is 4.75. The molecule has 0 aliphatic carbocycles. The van der Waals surface area contributed by atoms with Crippen LogP contribution in [0.4, 0.5) is 0 Å². The lowest BCUT2D eigenvalue weighted by Crippen LogP contribution is -1.98. The second-order valence-electron chi connectivity index (χ2n) is 4.94. The number of hydrogen-bond acceptors (Lipinski definition) is 1. The molecule has 0 radical (unpaired) electrons. The highest BCUT2D eigenvalue weighted by Crippen LogP contribution is 2.26. The van der Waals surface area contributed by atoms with E-state index in [0.717, 1.165) is 12.0 Å². The van der Waals surface area contributed by atoms with E-state index in [1.165, 1.54) is 11.1 Å². The largest absolute Gasteiger partial charge is 0.327 e. The number of hydrogen-bond donors (Lipinski definition) is 1. The third-order valence-corrected chi connectivity index (χ3v) is 3.16. The van der Waals surface area contributed by atoms with Crippen molar-refractivity contribution in [1.29, 1.82) is 0 Å². The second kappa shape index (κ2) is 9.11. The average molecular weight is 267 g/mol. The molecule has 0 bridgehead atoms. The second-order valence-corrected chi connectivity index (χ2v) is 4.94. The van der Waals surface area contributed by atoms with Gasteiger partial charge in [-0.3, -0.25) is 0 Å². The van der Waals surface area contributed by atoms with E-state index < -0.39 is 0 Å². The van der Waals surface area contributed by atoms with Gasteiger partial charge in [-0.25, -0.2) is 0 Å². The lowest BCUT2D eigenvalue weighted by atomic mass is 9.89. The number of rotatable bonds is 4. The van der Waals surface area contributed by atoms with E-state index in [9.17, 15) is 0 Å². The van der Waals surface area contributed by atoms with E-state index >= 15 is 0 Å². The van der Waals surface area contributed by atoms with Crippen molar-refractivity contribution >= 4 is 0 Å². The van der Waals surface area contributed by atoms with Crippen LogP contribution in [0, 0.1) is 0 Å². The van der Waals surface area contributed by atoms with Crippen LogP contribution >= 0.6 is 0 Å². The number of nitrogens with two attached hydrogens (primary N) is 1. The lowest BCUT2D eigenvalue weighted by Gasteiger charge is -2.15. The fourth-order valence-corrected chi connectivity index (χ4v) is 2.03. The monoisotopic (exact) mass is 267 g/mol. The molecule has 1 nitrogen and oxygen atoms in total. The minimum Gasteiger partial charge on any atom is -0.327 e. The first-order chi connectivity index (χ1) is 9.69. The SMILES string of the molecule is C=C(C)CN.CCC(c1ccccc1)c1ccccc1. The Balaban J connectivity index is 0.000000347. The molecule has 0 unspecified atom stereocenters. The maximum atomic E-state index is 5.07. The van der Waals surface area contributed by atoms with Gasteiger partial charge in [-0.2, -0.15) is 0 Å². The molecule has 2 rings (SSSR count). The first-order valence-corrected chi connectivity index (χ1v) is 7.13. The molecule has 0 atom stereocenters. The van der Waals surface area contributed by atoms with Gasteiger partial charge >= 0.3 is 0 Å². The van der Waals surface area contributed by atoms with E-state index in [0.29, 0.717) is 12.5 Å². The summed E-state index contributed by atoms with van der Waals surface area (Å²) in [6.07, 6.45) is 1.15. The van der Waals surface area contributed by atoms with Gasteiger partial charge in [-0.15, -0.1) is 0 Å². The van der Waals surface area contributed by atoms with Gasteiger partial charge < -0.3 is 5.73 Å². The Labute approximate surface area is 123 Å².